The second kappa shape index (κ2) is 10.8. The van der Waals surface area contributed by atoms with Crippen molar-refractivity contribution in [2.75, 3.05) is 0 Å². The van der Waals surface area contributed by atoms with Crippen molar-refractivity contribution in [1.29, 1.82) is 0 Å². The predicted octanol–water partition coefficient (Wildman–Crippen LogP) is 3.71. The average Bonchev–Trinajstić information content (AvgIpc) is 2.20. The Morgan fingerprint density at radius 3 is 2.47 bits per heavy atom. The van der Waals surface area contributed by atoms with Crippen molar-refractivity contribution in [3.05, 3.63) is 36.5 Å². The largest absolute Gasteiger partial charge is 0.481 e. The summed E-state index contributed by atoms with van der Waals surface area (Å²) >= 11 is 0. The molecule has 0 fully saturated rings. The smallest absolute Gasteiger partial charge is 0.303 e. The van der Waals surface area contributed by atoms with E-state index in [1.165, 1.54) is 0 Å². The molecule has 0 spiro atoms. The van der Waals surface area contributed by atoms with E-state index in [0.29, 0.717) is 6.42 Å². The molecule has 0 aliphatic heterocycles. The standard InChI is InChI=1S/C13H20O2/c1-2-3-4-5-6-7-8-9-10-11-12-13(14)15/h2-7H,8-12H2,1H3,(H,14,15)/b3-2+,5-4+,7-6+. The third-order valence-electron chi connectivity index (χ3n) is 1.92. The van der Waals surface area contributed by atoms with Crippen LogP contribution in [0.2, 0.25) is 0 Å². The number of unbranched alkanes of at least 4 members (excludes halogenated alkanes) is 3. The highest BCUT2D eigenvalue weighted by Gasteiger charge is 1.94. The van der Waals surface area contributed by atoms with E-state index < -0.39 is 5.97 Å². The van der Waals surface area contributed by atoms with Gasteiger partial charge in [-0.2, -0.15) is 0 Å². The summed E-state index contributed by atoms with van der Waals surface area (Å²) in [6.45, 7) is 1.98. The molecule has 0 aliphatic rings. The van der Waals surface area contributed by atoms with Crippen molar-refractivity contribution in [2.24, 2.45) is 0 Å². The summed E-state index contributed by atoms with van der Waals surface area (Å²) in [5.41, 5.74) is 0. The molecular weight excluding hydrogens is 188 g/mol. The highest BCUT2D eigenvalue weighted by molar-refractivity contribution is 5.66. The van der Waals surface area contributed by atoms with E-state index in [-0.39, 0.29) is 0 Å². The van der Waals surface area contributed by atoms with Gasteiger partial charge < -0.3 is 5.11 Å². The molecule has 2 heteroatoms. The van der Waals surface area contributed by atoms with Crippen LogP contribution in [-0.4, -0.2) is 11.1 Å². The van der Waals surface area contributed by atoms with Gasteiger partial charge in [0.1, 0.15) is 0 Å². The number of hydrogen-bond acceptors (Lipinski definition) is 1. The minimum absolute atomic E-state index is 0.297. The van der Waals surface area contributed by atoms with Crippen LogP contribution in [0.4, 0.5) is 0 Å². The zero-order chi connectivity index (χ0) is 11.4. The van der Waals surface area contributed by atoms with Crippen LogP contribution in [0.3, 0.4) is 0 Å². The number of carbonyl (C=O) groups is 1. The van der Waals surface area contributed by atoms with Crippen LogP contribution in [0.25, 0.3) is 0 Å². The third kappa shape index (κ3) is 12.7. The van der Waals surface area contributed by atoms with Crippen LogP contribution in [-0.2, 0) is 4.79 Å². The summed E-state index contributed by atoms with van der Waals surface area (Å²) in [7, 11) is 0. The average molecular weight is 208 g/mol. The Labute approximate surface area is 92.0 Å². The van der Waals surface area contributed by atoms with Gasteiger partial charge in [0.15, 0.2) is 0 Å². The van der Waals surface area contributed by atoms with Gasteiger partial charge >= 0.3 is 5.97 Å². The molecule has 0 aromatic carbocycles. The second-order valence-corrected chi connectivity index (χ2v) is 3.33. The maximum atomic E-state index is 10.2. The molecular formula is C13H20O2. The summed E-state index contributed by atoms with van der Waals surface area (Å²) in [6, 6.07) is 0. The van der Waals surface area contributed by atoms with E-state index >= 15 is 0 Å². The van der Waals surface area contributed by atoms with E-state index in [1.807, 2.05) is 37.3 Å². The number of carboxylic acids is 1. The molecule has 0 heterocycles. The van der Waals surface area contributed by atoms with Gasteiger partial charge in [0.2, 0.25) is 0 Å². The van der Waals surface area contributed by atoms with Crippen molar-refractivity contribution in [3.8, 4) is 0 Å². The predicted molar refractivity (Wildman–Crippen MR) is 63.8 cm³/mol. The molecule has 0 rings (SSSR count). The normalized spacial score (nSPS) is 12.1. The summed E-state index contributed by atoms with van der Waals surface area (Å²) in [6.07, 6.45) is 16.3. The van der Waals surface area contributed by atoms with Crippen LogP contribution < -0.4 is 0 Å². The first-order valence-electron chi connectivity index (χ1n) is 5.43. The maximum absolute atomic E-state index is 10.2. The van der Waals surface area contributed by atoms with Crippen LogP contribution >= 0.6 is 0 Å². The molecule has 0 amide bonds. The van der Waals surface area contributed by atoms with Gasteiger partial charge in [-0.05, 0) is 26.2 Å². The molecule has 0 saturated heterocycles. The van der Waals surface area contributed by atoms with Gasteiger partial charge in [-0.1, -0.05) is 42.9 Å². The van der Waals surface area contributed by atoms with Crippen molar-refractivity contribution in [1.82, 2.24) is 0 Å². The fourth-order valence-corrected chi connectivity index (χ4v) is 1.13. The first-order chi connectivity index (χ1) is 7.27. The van der Waals surface area contributed by atoms with Crippen LogP contribution in [0.1, 0.15) is 39.0 Å². The van der Waals surface area contributed by atoms with Gasteiger partial charge in [-0.15, -0.1) is 0 Å². The van der Waals surface area contributed by atoms with Gasteiger partial charge in [0.05, 0.1) is 0 Å². The number of aliphatic carboxylic acids is 1. The highest BCUT2D eigenvalue weighted by Crippen LogP contribution is 2.03. The summed E-state index contributed by atoms with van der Waals surface area (Å²) in [5, 5.41) is 8.41. The van der Waals surface area contributed by atoms with E-state index in [0.717, 1.165) is 25.7 Å². The highest BCUT2D eigenvalue weighted by atomic mass is 16.4. The minimum Gasteiger partial charge on any atom is -0.481 e. The van der Waals surface area contributed by atoms with E-state index in [9.17, 15) is 4.79 Å². The Bertz CT molecular complexity index is 237. The van der Waals surface area contributed by atoms with Crippen molar-refractivity contribution in [3.63, 3.8) is 0 Å². The lowest BCUT2D eigenvalue weighted by Crippen LogP contribution is -1.93. The van der Waals surface area contributed by atoms with Crippen molar-refractivity contribution >= 4 is 5.97 Å². The monoisotopic (exact) mass is 208 g/mol. The van der Waals surface area contributed by atoms with Crippen LogP contribution in [0.5, 0.6) is 0 Å². The van der Waals surface area contributed by atoms with E-state index in [2.05, 4.69) is 6.08 Å². The molecule has 0 aromatic rings. The first-order valence-corrected chi connectivity index (χ1v) is 5.43. The summed E-state index contributed by atoms with van der Waals surface area (Å²) < 4.78 is 0. The van der Waals surface area contributed by atoms with Gasteiger partial charge in [0.25, 0.3) is 0 Å². The molecule has 2 nitrogen and oxygen atoms in total. The molecule has 0 atom stereocenters. The molecule has 0 unspecified atom stereocenters. The zero-order valence-electron chi connectivity index (χ0n) is 9.36. The molecule has 0 aromatic heterocycles. The second-order valence-electron chi connectivity index (χ2n) is 3.33. The quantitative estimate of drug-likeness (QED) is 0.487. The van der Waals surface area contributed by atoms with Gasteiger partial charge in [-0.25, -0.2) is 0 Å². The lowest BCUT2D eigenvalue weighted by atomic mass is 10.1. The molecule has 0 bridgehead atoms. The van der Waals surface area contributed by atoms with E-state index in [4.69, 9.17) is 5.11 Å². The Morgan fingerprint density at radius 1 is 1.07 bits per heavy atom. The molecule has 0 radical (unpaired) electrons. The number of allylic oxidation sites excluding steroid dienone is 6. The number of rotatable bonds is 8. The van der Waals surface area contributed by atoms with Gasteiger partial charge in [0, 0.05) is 6.42 Å². The lowest BCUT2D eigenvalue weighted by molar-refractivity contribution is -0.137. The van der Waals surface area contributed by atoms with Crippen molar-refractivity contribution < 1.29 is 9.90 Å². The summed E-state index contributed by atoms with van der Waals surface area (Å²) in [5.74, 6) is -0.695. The maximum Gasteiger partial charge on any atom is 0.303 e. The number of carboxylic acid groups (broad SMARTS) is 1. The van der Waals surface area contributed by atoms with Gasteiger partial charge in [-0.3, -0.25) is 4.79 Å². The SMILES string of the molecule is C/C=C/C=C/C=C/CCCCCC(=O)O. The van der Waals surface area contributed by atoms with Crippen LogP contribution in [0.15, 0.2) is 36.5 Å². The van der Waals surface area contributed by atoms with Crippen LogP contribution in [0, 0.1) is 0 Å². The Balaban J connectivity index is 3.27. The fraction of sp³-hybridized carbons (Fsp3) is 0.462. The van der Waals surface area contributed by atoms with Crippen molar-refractivity contribution in [2.45, 2.75) is 39.0 Å². The topological polar surface area (TPSA) is 37.3 Å². The lowest BCUT2D eigenvalue weighted by Gasteiger charge is -1.94. The molecule has 15 heavy (non-hydrogen) atoms. The number of hydrogen-bond donors (Lipinski definition) is 1. The fourth-order valence-electron chi connectivity index (χ4n) is 1.13. The first kappa shape index (κ1) is 13.7. The van der Waals surface area contributed by atoms with E-state index in [1.54, 1.807) is 0 Å². The molecule has 0 aliphatic carbocycles. The Hall–Kier alpha value is -1.31. The zero-order valence-corrected chi connectivity index (χ0v) is 9.36. The summed E-state index contributed by atoms with van der Waals surface area (Å²) in [4.78, 5) is 10.2. The third-order valence-corrected chi connectivity index (χ3v) is 1.92. The molecule has 84 valence electrons. The Kier molecular flexibility index (Phi) is 9.83. The Morgan fingerprint density at radius 2 is 1.80 bits per heavy atom. The molecule has 0 saturated carbocycles. The molecule has 1 N–H and O–H groups in total. The minimum atomic E-state index is -0.695.